The van der Waals surface area contributed by atoms with Gasteiger partial charge in [0, 0.05) is 44.7 Å². The van der Waals surface area contributed by atoms with E-state index in [1.807, 2.05) is 4.90 Å². The number of thioether (sulfide) groups is 1. The highest BCUT2D eigenvalue weighted by molar-refractivity contribution is 7.99. The van der Waals surface area contributed by atoms with Crippen LogP contribution in [0.4, 0.5) is 5.82 Å². The summed E-state index contributed by atoms with van der Waals surface area (Å²) in [4.78, 5) is 37.1. The lowest BCUT2D eigenvalue weighted by Gasteiger charge is -2.35. The Labute approximate surface area is 182 Å². The van der Waals surface area contributed by atoms with Gasteiger partial charge < -0.3 is 15.1 Å². The van der Waals surface area contributed by atoms with E-state index in [9.17, 15) is 9.59 Å². The number of amides is 2. The highest BCUT2D eigenvalue weighted by Crippen LogP contribution is 2.31. The van der Waals surface area contributed by atoms with Crippen LogP contribution in [0, 0.1) is 5.92 Å². The number of unbranched alkanes of at least 4 members (excludes halogenated alkanes) is 3. The normalized spacial score (nSPS) is 16.8. The highest BCUT2D eigenvalue weighted by Gasteiger charge is 2.34. The molecule has 1 N–H and O–H groups in total. The molecule has 1 saturated heterocycles. The predicted molar refractivity (Wildman–Crippen MR) is 116 cm³/mol. The Balaban J connectivity index is 1.45. The van der Waals surface area contributed by atoms with Crippen molar-refractivity contribution in [1.29, 1.82) is 0 Å². The standard InChI is InChI=1S/C20H30ClN5O2S/c1-2-3-4-5-8-22-18(27)14-29-20-23-16(21)13-17(24-20)25-9-11-26(12-10-25)19(28)15-6-7-15/h13,15H,2-12,14H2,1H3,(H,22,27). The molecular formula is C20H30ClN5O2S. The average molecular weight is 440 g/mol. The number of halogens is 1. The third-order valence-corrected chi connectivity index (χ3v) is 6.23. The summed E-state index contributed by atoms with van der Waals surface area (Å²) in [6, 6.07) is 1.75. The molecule has 1 aliphatic heterocycles. The quantitative estimate of drug-likeness (QED) is 0.261. The summed E-state index contributed by atoms with van der Waals surface area (Å²) in [5.41, 5.74) is 0. The minimum atomic E-state index is -0.0103. The number of piperazine rings is 1. The molecule has 7 nitrogen and oxygen atoms in total. The van der Waals surface area contributed by atoms with Crippen LogP contribution in [0.2, 0.25) is 5.15 Å². The van der Waals surface area contributed by atoms with Crippen molar-refractivity contribution >= 4 is 41.0 Å². The number of hydrogen-bond donors (Lipinski definition) is 1. The summed E-state index contributed by atoms with van der Waals surface area (Å²) >= 11 is 7.49. The summed E-state index contributed by atoms with van der Waals surface area (Å²) in [5, 5.41) is 3.81. The van der Waals surface area contributed by atoms with E-state index in [1.54, 1.807) is 6.07 Å². The lowest BCUT2D eigenvalue weighted by Crippen LogP contribution is -2.49. The summed E-state index contributed by atoms with van der Waals surface area (Å²) < 4.78 is 0. The molecular weight excluding hydrogens is 410 g/mol. The molecule has 1 aliphatic carbocycles. The van der Waals surface area contributed by atoms with Gasteiger partial charge in [0.05, 0.1) is 5.75 Å². The second-order valence-electron chi connectivity index (χ2n) is 7.62. The van der Waals surface area contributed by atoms with Crippen LogP contribution in [-0.4, -0.2) is 65.2 Å². The maximum Gasteiger partial charge on any atom is 0.230 e. The fraction of sp³-hybridized carbons (Fsp3) is 0.700. The smallest absolute Gasteiger partial charge is 0.230 e. The summed E-state index contributed by atoms with van der Waals surface area (Å²) in [6.45, 7) is 5.76. The molecule has 0 spiro atoms. The van der Waals surface area contributed by atoms with E-state index in [4.69, 9.17) is 11.6 Å². The van der Waals surface area contributed by atoms with Crippen LogP contribution in [0.15, 0.2) is 11.2 Å². The SMILES string of the molecule is CCCCCCNC(=O)CSc1nc(Cl)cc(N2CCN(C(=O)C3CC3)CC2)n1. The van der Waals surface area contributed by atoms with Crippen LogP contribution in [-0.2, 0) is 9.59 Å². The molecule has 0 bridgehead atoms. The molecule has 29 heavy (non-hydrogen) atoms. The number of rotatable bonds is 10. The molecule has 0 unspecified atom stereocenters. The van der Waals surface area contributed by atoms with Crippen LogP contribution in [0.3, 0.4) is 0 Å². The van der Waals surface area contributed by atoms with Crippen LogP contribution in [0.25, 0.3) is 0 Å². The van der Waals surface area contributed by atoms with E-state index in [1.165, 1.54) is 24.6 Å². The van der Waals surface area contributed by atoms with Gasteiger partial charge in [-0.15, -0.1) is 0 Å². The molecule has 1 saturated carbocycles. The van der Waals surface area contributed by atoms with E-state index in [0.29, 0.717) is 35.9 Å². The van der Waals surface area contributed by atoms with E-state index in [2.05, 4.69) is 27.1 Å². The van der Waals surface area contributed by atoms with E-state index >= 15 is 0 Å². The van der Waals surface area contributed by atoms with Gasteiger partial charge >= 0.3 is 0 Å². The summed E-state index contributed by atoms with van der Waals surface area (Å²) in [6.07, 6.45) is 6.61. The van der Waals surface area contributed by atoms with Gasteiger partial charge in [0.2, 0.25) is 11.8 Å². The molecule has 2 fully saturated rings. The molecule has 1 aromatic heterocycles. The molecule has 0 aromatic carbocycles. The van der Waals surface area contributed by atoms with E-state index < -0.39 is 0 Å². The lowest BCUT2D eigenvalue weighted by atomic mass is 10.2. The number of hydrogen-bond acceptors (Lipinski definition) is 6. The first-order valence-corrected chi connectivity index (χ1v) is 11.9. The first-order chi connectivity index (χ1) is 14.1. The number of nitrogens with zero attached hydrogens (tertiary/aromatic N) is 4. The average Bonchev–Trinajstić information content (AvgIpc) is 3.57. The van der Waals surface area contributed by atoms with Crippen molar-refractivity contribution in [2.24, 2.45) is 5.92 Å². The second kappa shape index (κ2) is 11.0. The monoisotopic (exact) mass is 439 g/mol. The zero-order chi connectivity index (χ0) is 20.6. The van der Waals surface area contributed by atoms with Crippen molar-refractivity contribution in [3.05, 3.63) is 11.2 Å². The Morgan fingerprint density at radius 2 is 1.93 bits per heavy atom. The highest BCUT2D eigenvalue weighted by atomic mass is 35.5. The maximum atomic E-state index is 12.2. The zero-order valence-electron chi connectivity index (χ0n) is 17.0. The van der Waals surface area contributed by atoms with Gasteiger partial charge in [-0.1, -0.05) is 49.5 Å². The Bertz CT molecular complexity index is 708. The van der Waals surface area contributed by atoms with Gasteiger partial charge in [0.1, 0.15) is 11.0 Å². The predicted octanol–water partition coefficient (Wildman–Crippen LogP) is 2.98. The van der Waals surface area contributed by atoms with Crippen molar-refractivity contribution in [3.8, 4) is 0 Å². The van der Waals surface area contributed by atoms with Gasteiger partial charge in [-0.3, -0.25) is 9.59 Å². The topological polar surface area (TPSA) is 78.4 Å². The first-order valence-electron chi connectivity index (χ1n) is 10.5. The number of aromatic nitrogens is 2. The van der Waals surface area contributed by atoms with Crippen molar-refractivity contribution in [3.63, 3.8) is 0 Å². The lowest BCUT2D eigenvalue weighted by molar-refractivity contribution is -0.132. The van der Waals surface area contributed by atoms with E-state index in [-0.39, 0.29) is 17.6 Å². The molecule has 2 aliphatic rings. The summed E-state index contributed by atoms with van der Waals surface area (Å²) in [7, 11) is 0. The van der Waals surface area contributed by atoms with E-state index in [0.717, 1.165) is 44.6 Å². The van der Waals surface area contributed by atoms with Crippen LogP contribution in [0.5, 0.6) is 0 Å². The Morgan fingerprint density at radius 3 is 2.62 bits per heavy atom. The minimum absolute atomic E-state index is 0.0103. The second-order valence-corrected chi connectivity index (χ2v) is 8.95. The van der Waals surface area contributed by atoms with Crippen molar-refractivity contribution in [2.45, 2.75) is 50.6 Å². The third kappa shape index (κ3) is 7.03. The van der Waals surface area contributed by atoms with Gasteiger partial charge in [-0.25, -0.2) is 9.97 Å². The minimum Gasteiger partial charge on any atom is -0.355 e. The zero-order valence-corrected chi connectivity index (χ0v) is 18.6. The molecule has 0 atom stereocenters. The fourth-order valence-corrected chi connectivity index (χ4v) is 4.23. The molecule has 0 radical (unpaired) electrons. The Hall–Kier alpha value is -1.54. The number of carbonyl (C=O) groups excluding carboxylic acids is 2. The molecule has 9 heteroatoms. The van der Waals surface area contributed by atoms with Gasteiger partial charge in [-0.2, -0.15) is 0 Å². The van der Waals surface area contributed by atoms with Gasteiger partial charge in [0.25, 0.3) is 0 Å². The van der Waals surface area contributed by atoms with Crippen molar-refractivity contribution in [1.82, 2.24) is 20.2 Å². The molecule has 3 rings (SSSR count). The Kier molecular flexibility index (Phi) is 8.41. The number of nitrogens with one attached hydrogen (secondary N) is 1. The van der Waals surface area contributed by atoms with Crippen molar-refractivity contribution in [2.75, 3.05) is 43.4 Å². The number of anilines is 1. The fourth-order valence-electron chi connectivity index (χ4n) is 3.32. The maximum absolute atomic E-state index is 12.2. The first kappa shape index (κ1) is 22.2. The molecule has 2 amide bonds. The van der Waals surface area contributed by atoms with Crippen LogP contribution in [0.1, 0.15) is 45.4 Å². The van der Waals surface area contributed by atoms with Crippen LogP contribution < -0.4 is 10.2 Å². The van der Waals surface area contributed by atoms with Crippen molar-refractivity contribution < 1.29 is 9.59 Å². The number of carbonyl (C=O) groups is 2. The largest absolute Gasteiger partial charge is 0.355 e. The third-order valence-electron chi connectivity index (χ3n) is 5.19. The summed E-state index contributed by atoms with van der Waals surface area (Å²) in [5.74, 6) is 1.57. The molecule has 1 aromatic rings. The molecule has 2 heterocycles. The van der Waals surface area contributed by atoms with Crippen LogP contribution >= 0.6 is 23.4 Å². The van der Waals surface area contributed by atoms with Gasteiger partial charge in [-0.05, 0) is 19.3 Å². The molecule has 160 valence electrons. The van der Waals surface area contributed by atoms with Gasteiger partial charge in [0.15, 0.2) is 5.16 Å². The Morgan fingerprint density at radius 1 is 1.17 bits per heavy atom.